The third-order valence-corrected chi connectivity index (χ3v) is 7.53. The molecule has 0 radical (unpaired) electrons. The predicted octanol–water partition coefficient (Wildman–Crippen LogP) is 4.95. The molecule has 0 spiro atoms. The summed E-state index contributed by atoms with van der Waals surface area (Å²) in [4.78, 5) is 35.1. The number of amides is 1. The van der Waals surface area contributed by atoms with Crippen LogP contribution in [0.2, 0.25) is 0 Å². The van der Waals surface area contributed by atoms with Crippen LogP contribution in [0.3, 0.4) is 0 Å². The molecule has 176 valence electrons. The van der Waals surface area contributed by atoms with E-state index in [0.717, 1.165) is 79.9 Å². The van der Waals surface area contributed by atoms with Crippen LogP contribution in [0.4, 0.5) is 5.82 Å². The Hall–Kier alpha value is -1.76. The fourth-order valence-electron chi connectivity index (χ4n) is 5.53. The third kappa shape index (κ3) is 5.41. The van der Waals surface area contributed by atoms with Gasteiger partial charge in [-0.25, -0.2) is 4.98 Å². The number of nitrogens with zero attached hydrogens (tertiary/aromatic N) is 3. The number of piperidine rings is 1. The molecule has 1 N–H and O–H groups in total. The minimum atomic E-state index is -0.744. The van der Waals surface area contributed by atoms with E-state index in [1.165, 1.54) is 19.3 Å². The number of thiol groups is 1. The summed E-state index contributed by atoms with van der Waals surface area (Å²) in [6, 6.07) is 2.69. The summed E-state index contributed by atoms with van der Waals surface area (Å²) in [6.07, 6.45) is 11.9. The van der Waals surface area contributed by atoms with Crippen LogP contribution in [0.5, 0.6) is 0 Å². The Labute approximate surface area is 197 Å². The van der Waals surface area contributed by atoms with E-state index in [-0.39, 0.29) is 18.2 Å². The van der Waals surface area contributed by atoms with Gasteiger partial charge in [0.1, 0.15) is 5.82 Å². The van der Waals surface area contributed by atoms with E-state index in [4.69, 9.17) is 17.6 Å². The summed E-state index contributed by atoms with van der Waals surface area (Å²) in [5.41, 5.74) is 1.59. The van der Waals surface area contributed by atoms with Crippen LogP contribution in [0.1, 0.15) is 93.6 Å². The molecule has 1 amide bonds. The largest absolute Gasteiger partial charge is 0.481 e. The molecule has 2 aliphatic carbocycles. The van der Waals surface area contributed by atoms with Crippen LogP contribution in [-0.2, 0) is 11.2 Å². The van der Waals surface area contributed by atoms with Gasteiger partial charge in [0.2, 0.25) is 0 Å². The first-order chi connectivity index (χ1) is 15.5. The summed E-state index contributed by atoms with van der Waals surface area (Å²) in [5.74, 6) is 0.327. The maximum absolute atomic E-state index is 13.8. The van der Waals surface area contributed by atoms with E-state index >= 15 is 0 Å². The fourth-order valence-corrected chi connectivity index (χ4v) is 5.85. The number of pyridine rings is 1. The van der Waals surface area contributed by atoms with Gasteiger partial charge >= 0.3 is 5.97 Å². The van der Waals surface area contributed by atoms with Crippen LogP contribution in [-0.4, -0.2) is 52.0 Å². The lowest BCUT2D eigenvalue weighted by Crippen LogP contribution is -2.43. The number of anilines is 1. The zero-order valence-electron chi connectivity index (χ0n) is 19.3. The smallest absolute Gasteiger partial charge is 0.303 e. The van der Waals surface area contributed by atoms with E-state index in [2.05, 4.69) is 16.7 Å². The lowest BCUT2D eigenvalue weighted by molar-refractivity contribution is -0.138. The lowest BCUT2D eigenvalue weighted by Gasteiger charge is -2.36. The Balaban J connectivity index is 1.60. The maximum atomic E-state index is 13.8. The highest BCUT2D eigenvalue weighted by molar-refractivity contribution is 7.80. The highest BCUT2D eigenvalue weighted by Crippen LogP contribution is 2.37. The molecule has 1 atom stereocenters. The van der Waals surface area contributed by atoms with Crippen LogP contribution in [0, 0.1) is 5.92 Å². The number of rotatable bonds is 8. The van der Waals surface area contributed by atoms with Gasteiger partial charge in [-0.05, 0) is 56.9 Å². The first-order valence-corrected chi connectivity index (χ1v) is 12.9. The van der Waals surface area contributed by atoms with Gasteiger partial charge in [-0.1, -0.05) is 32.6 Å². The van der Waals surface area contributed by atoms with Crippen molar-refractivity contribution in [2.45, 2.75) is 101 Å². The topological polar surface area (TPSA) is 73.7 Å². The molecule has 0 unspecified atom stereocenters. The van der Waals surface area contributed by atoms with Crippen molar-refractivity contribution in [1.29, 1.82) is 0 Å². The van der Waals surface area contributed by atoms with E-state index < -0.39 is 5.97 Å². The van der Waals surface area contributed by atoms with Crippen molar-refractivity contribution in [3.05, 3.63) is 17.3 Å². The molecule has 3 fully saturated rings. The normalized spacial score (nSPS) is 22.1. The van der Waals surface area contributed by atoms with Gasteiger partial charge < -0.3 is 14.9 Å². The number of aryl methyl sites for hydroxylation is 1. The second-order valence-corrected chi connectivity index (χ2v) is 10.3. The van der Waals surface area contributed by atoms with Crippen LogP contribution >= 0.6 is 12.6 Å². The molecule has 6 nitrogen and oxygen atoms in total. The number of hydrogen-bond donors (Lipinski definition) is 2. The SMILES string of the molecule is CCCc1nc(N2CCC[C@@H](CC(=O)O)C2)c(S)cc1C(=O)N(C1CCCCC1)C1CC1. The van der Waals surface area contributed by atoms with Gasteiger partial charge in [0, 0.05) is 36.5 Å². The molecule has 2 heterocycles. The lowest BCUT2D eigenvalue weighted by atomic mass is 9.93. The number of carbonyl (C=O) groups excluding carboxylic acids is 1. The van der Waals surface area contributed by atoms with Crippen molar-refractivity contribution < 1.29 is 14.7 Å². The summed E-state index contributed by atoms with van der Waals surface area (Å²) in [6.45, 7) is 3.65. The Kier molecular flexibility index (Phi) is 7.64. The molecule has 7 heteroatoms. The van der Waals surface area contributed by atoms with E-state index in [0.29, 0.717) is 18.6 Å². The van der Waals surface area contributed by atoms with Crippen molar-refractivity contribution in [2.75, 3.05) is 18.0 Å². The van der Waals surface area contributed by atoms with Crippen LogP contribution in [0.25, 0.3) is 0 Å². The second kappa shape index (κ2) is 10.4. The van der Waals surface area contributed by atoms with Gasteiger partial charge in [-0.3, -0.25) is 9.59 Å². The Bertz CT molecular complexity index is 836. The highest BCUT2D eigenvalue weighted by atomic mass is 32.1. The first-order valence-electron chi connectivity index (χ1n) is 12.5. The molecule has 4 rings (SSSR count). The molecular weight excluding hydrogens is 422 g/mol. The molecule has 0 aromatic carbocycles. The summed E-state index contributed by atoms with van der Waals surface area (Å²) in [5, 5.41) is 9.21. The maximum Gasteiger partial charge on any atom is 0.303 e. The number of carboxylic acid groups (broad SMARTS) is 1. The zero-order valence-corrected chi connectivity index (χ0v) is 20.2. The summed E-state index contributed by atoms with van der Waals surface area (Å²) in [7, 11) is 0. The third-order valence-electron chi connectivity index (χ3n) is 7.20. The molecule has 1 aromatic rings. The number of carboxylic acids is 1. The molecule has 2 saturated carbocycles. The Morgan fingerprint density at radius 2 is 1.84 bits per heavy atom. The number of aromatic nitrogens is 1. The molecule has 32 heavy (non-hydrogen) atoms. The van der Waals surface area contributed by atoms with Gasteiger partial charge in [0.05, 0.1) is 11.3 Å². The van der Waals surface area contributed by atoms with Gasteiger partial charge in [0.15, 0.2) is 0 Å². The van der Waals surface area contributed by atoms with Crippen molar-refractivity contribution in [2.24, 2.45) is 5.92 Å². The summed E-state index contributed by atoms with van der Waals surface area (Å²) >= 11 is 4.76. The van der Waals surface area contributed by atoms with Crippen LogP contribution < -0.4 is 4.90 Å². The number of hydrogen-bond acceptors (Lipinski definition) is 5. The molecule has 1 aromatic heterocycles. The van der Waals surface area contributed by atoms with Crippen LogP contribution in [0.15, 0.2) is 11.0 Å². The van der Waals surface area contributed by atoms with Crippen molar-refractivity contribution >= 4 is 30.3 Å². The molecule has 1 saturated heterocycles. The minimum absolute atomic E-state index is 0.128. The van der Waals surface area contributed by atoms with E-state index in [1.54, 1.807) is 0 Å². The number of carbonyl (C=O) groups is 2. The quantitative estimate of drug-likeness (QED) is 0.538. The minimum Gasteiger partial charge on any atom is -0.481 e. The molecule has 3 aliphatic rings. The zero-order chi connectivity index (χ0) is 22.7. The molecule has 1 aliphatic heterocycles. The highest BCUT2D eigenvalue weighted by Gasteiger charge is 2.39. The average Bonchev–Trinajstić information content (AvgIpc) is 3.60. The Morgan fingerprint density at radius 1 is 1.12 bits per heavy atom. The fraction of sp³-hybridized carbons (Fsp3) is 0.720. The molecule has 0 bridgehead atoms. The summed E-state index contributed by atoms with van der Waals surface area (Å²) < 4.78 is 0. The van der Waals surface area contributed by atoms with Gasteiger partial charge in [0.25, 0.3) is 5.91 Å². The van der Waals surface area contributed by atoms with Crippen molar-refractivity contribution in [3.8, 4) is 0 Å². The van der Waals surface area contributed by atoms with Gasteiger partial charge in [-0.15, -0.1) is 12.6 Å². The second-order valence-electron chi connectivity index (χ2n) is 9.86. The number of aliphatic carboxylic acids is 1. The first kappa shape index (κ1) is 23.4. The molecular formula is C25H37N3O3S. The monoisotopic (exact) mass is 459 g/mol. The van der Waals surface area contributed by atoms with Crippen molar-refractivity contribution in [1.82, 2.24) is 9.88 Å². The predicted molar refractivity (Wildman–Crippen MR) is 129 cm³/mol. The average molecular weight is 460 g/mol. The van der Waals surface area contributed by atoms with Crippen molar-refractivity contribution in [3.63, 3.8) is 0 Å². The van der Waals surface area contributed by atoms with E-state index in [1.807, 2.05) is 6.07 Å². The standard InChI is InChI=1S/C25H37N3O3S/c1-2-7-21-20(25(31)28(19-11-12-19)18-9-4-3-5-10-18)15-22(32)24(26-21)27-13-6-8-17(16-27)14-23(29)30/h15,17-19,32H,2-14,16H2,1H3,(H,29,30)/t17-/m0/s1. The van der Waals surface area contributed by atoms with Gasteiger partial charge in [-0.2, -0.15) is 0 Å². The Morgan fingerprint density at radius 3 is 2.50 bits per heavy atom. The van der Waals surface area contributed by atoms with E-state index in [9.17, 15) is 14.7 Å².